The largest absolute Gasteiger partial charge is 0.481 e. The van der Waals surface area contributed by atoms with E-state index in [0.29, 0.717) is 25.7 Å². The molecule has 0 saturated heterocycles. The van der Waals surface area contributed by atoms with Crippen LogP contribution < -0.4 is 0 Å². The van der Waals surface area contributed by atoms with Crippen molar-refractivity contribution in [3.63, 3.8) is 0 Å². The maximum Gasteiger partial charge on any atom is 0.307 e. The molecule has 0 aromatic carbocycles. The van der Waals surface area contributed by atoms with E-state index in [-0.39, 0.29) is 11.9 Å². The van der Waals surface area contributed by atoms with E-state index in [0.717, 1.165) is 75.0 Å². The molecule has 0 heterocycles. The van der Waals surface area contributed by atoms with E-state index >= 15 is 0 Å². The van der Waals surface area contributed by atoms with Gasteiger partial charge in [-0.05, 0) is 77.0 Å². The first kappa shape index (κ1) is 49.6. The summed E-state index contributed by atoms with van der Waals surface area (Å²) in [7, 11) is 0. The van der Waals surface area contributed by atoms with Gasteiger partial charge in [0, 0.05) is 25.7 Å². The van der Waals surface area contributed by atoms with Crippen molar-refractivity contribution in [3.8, 4) is 11.8 Å². The highest BCUT2D eigenvalue weighted by molar-refractivity contribution is 5.71. The second kappa shape index (κ2) is 28.8. The zero-order valence-corrected chi connectivity index (χ0v) is 36.3. The maximum absolute atomic E-state index is 12.2. The van der Waals surface area contributed by atoms with Crippen LogP contribution in [0.4, 0.5) is 0 Å². The number of esters is 2. The minimum absolute atomic E-state index is 0.206. The quantitative estimate of drug-likeness (QED) is 0.0418. The summed E-state index contributed by atoms with van der Waals surface area (Å²) in [6.07, 6.45) is 36.3. The number of hydrogen-bond donors (Lipinski definition) is 2. The van der Waals surface area contributed by atoms with Crippen LogP contribution in [0.25, 0.3) is 0 Å². The summed E-state index contributed by atoms with van der Waals surface area (Å²) in [4.78, 5) is 44.6. The van der Waals surface area contributed by atoms with Crippen LogP contribution in [0, 0.1) is 35.5 Å². The van der Waals surface area contributed by atoms with E-state index in [4.69, 9.17) is 19.7 Å². The van der Waals surface area contributed by atoms with Gasteiger partial charge in [-0.3, -0.25) is 19.2 Å². The standard InChI is InChI=1S/C28H46O4.2C10H18O2/c1-27(2,31-25(29)15-11-7-5-9-13-23-17-18-23)21-22-28(3,4)32-26(30)16-12-8-6-10-14-24-19-20-24;2*11-10(12)6-4-2-1-3-5-9-7-8-9/h23-24H,5-20H2,1-4H3;2*9H,1-8H2,(H,11,12). The predicted molar refractivity (Wildman–Crippen MR) is 225 cm³/mol. The monoisotopic (exact) mass is 787 g/mol. The number of carbonyl (C=O) groups is 4. The third-order valence-electron chi connectivity index (χ3n) is 11.2. The molecule has 4 aliphatic rings. The van der Waals surface area contributed by atoms with E-state index in [9.17, 15) is 19.2 Å². The number of rotatable bonds is 30. The molecule has 0 radical (unpaired) electrons. The second-order valence-electron chi connectivity index (χ2n) is 18.6. The van der Waals surface area contributed by atoms with Crippen molar-refractivity contribution in [1.29, 1.82) is 0 Å². The molecule has 56 heavy (non-hydrogen) atoms. The fourth-order valence-electron chi connectivity index (χ4n) is 6.89. The Morgan fingerprint density at radius 3 is 0.875 bits per heavy atom. The number of carboxylic acids is 2. The summed E-state index contributed by atoms with van der Waals surface area (Å²) in [6, 6.07) is 0. The van der Waals surface area contributed by atoms with Crippen molar-refractivity contribution in [1.82, 2.24) is 0 Å². The van der Waals surface area contributed by atoms with E-state index < -0.39 is 23.1 Å². The summed E-state index contributed by atoms with van der Waals surface area (Å²) in [5.41, 5.74) is -1.79. The van der Waals surface area contributed by atoms with Gasteiger partial charge in [-0.15, -0.1) is 0 Å². The molecule has 0 unspecified atom stereocenters. The van der Waals surface area contributed by atoms with Gasteiger partial charge in [-0.1, -0.05) is 166 Å². The summed E-state index contributed by atoms with van der Waals surface area (Å²) >= 11 is 0. The van der Waals surface area contributed by atoms with E-state index in [1.807, 2.05) is 0 Å². The lowest BCUT2D eigenvalue weighted by Gasteiger charge is -2.22. The summed E-state index contributed by atoms with van der Waals surface area (Å²) in [6.45, 7) is 7.14. The zero-order chi connectivity index (χ0) is 41.1. The number of carboxylic acid groups (broad SMARTS) is 2. The van der Waals surface area contributed by atoms with Gasteiger partial charge < -0.3 is 19.7 Å². The number of aliphatic carboxylic acids is 2. The molecule has 2 N–H and O–H groups in total. The molecule has 0 aromatic rings. The molecule has 322 valence electrons. The minimum Gasteiger partial charge on any atom is -0.481 e. The summed E-state index contributed by atoms with van der Waals surface area (Å²) in [5, 5.41) is 16.7. The van der Waals surface area contributed by atoms with Gasteiger partial charge in [0.2, 0.25) is 0 Å². The normalized spacial score (nSPS) is 16.3. The smallest absolute Gasteiger partial charge is 0.307 e. The highest BCUT2D eigenvalue weighted by Crippen LogP contribution is 2.36. The Labute approximate surface area is 341 Å². The molecule has 0 spiro atoms. The molecule has 0 aromatic heterocycles. The Bertz CT molecular complexity index is 1080. The van der Waals surface area contributed by atoms with Gasteiger partial charge in [0.05, 0.1) is 0 Å². The topological polar surface area (TPSA) is 127 Å². The van der Waals surface area contributed by atoms with Gasteiger partial charge in [0.25, 0.3) is 0 Å². The predicted octanol–water partition coefficient (Wildman–Crippen LogP) is 12.8. The third kappa shape index (κ3) is 33.6. The summed E-state index contributed by atoms with van der Waals surface area (Å²) in [5.74, 6) is 8.31. The van der Waals surface area contributed by atoms with Gasteiger partial charge >= 0.3 is 23.9 Å². The van der Waals surface area contributed by atoms with Crippen molar-refractivity contribution in [2.24, 2.45) is 23.7 Å². The molecule has 0 aliphatic heterocycles. The summed E-state index contributed by atoms with van der Waals surface area (Å²) < 4.78 is 11.1. The van der Waals surface area contributed by atoms with E-state index in [1.165, 1.54) is 128 Å². The van der Waals surface area contributed by atoms with Crippen molar-refractivity contribution >= 4 is 23.9 Å². The minimum atomic E-state index is -0.895. The zero-order valence-electron chi connectivity index (χ0n) is 36.3. The Morgan fingerprint density at radius 1 is 0.411 bits per heavy atom. The second-order valence-corrected chi connectivity index (χ2v) is 18.6. The number of ether oxygens (including phenoxy) is 2. The van der Waals surface area contributed by atoms with Crippen LogP contribution >= 0.6 is 0 Å². The maximum atomic E-state index is 12.2. The fourth-order valence-corrected chi connectivity index (χ4v) is 6.89. The Kier molecular flexibility index (Phi) is 25.5. The Morgan fingerprint density at radius 2 is 0.643 bits per heavy atom. The van der Waals surface area contributed by atoms with Gasteiger partial charge in [0.15, 0.2) is 11.2 Å². The van der Waals surface area contributed by atoms with E-state index in [1.54, 1.807) is 27.7 Å². The molecule has 0 amide bonds. The average Bonchev–Trinajstić information content (AvgIpc) is 3.93. The Hall–Kier alpha value is -2.56. The molecule has 0 bridgehead atoms. The number of hydrogen-bond acceptors (Lipinski definition) is 6. The first-order valence-corrected chi connectivity index (χ1v) is 23.1. The molecule has 4 aliphatic carbocycles. The van der Waals surface area contributed by atoms with Crippen LogP contribution in [0.2, 0.25) is 0 Å². The highest BCUT2D eigenvalue weighted by Gasteiger charge is 2.25. The SMILES string of the molecule is CC(C)(C#CC(C)(C)OC(=O)CCCCCCC1CC1)OC(=O)CCCCCCC1CC1.O=C(O)CCCCCCC1CC1.O=C(O)CCCCCCC1CC1. The van der Waals surface area contributed by atoms with Crippen molar-refractivity contribution in [3.05, 3.63) is 0 Å². The van der Waals surface area contributed by atoms with Gasteiger partial charge in [0.1, 0.15) is 0 Å². The van der Waals surface area contributed by atoms with Gasteiger partial charge in [-0.2, -0.15) is 0 Å². The molecule has 8 nitrogen and oxygen atoms in total. The molecule has 4 saturated carbocycles. The molecular weight excluding hydrogens is 705 g/mol. The first-order chi connectivity index (χ1) is 26.7. The molecule has 4 rings (SSSR count). The van der Waals surface area contributed by atoms with Crippen LogP contribution in [0.5, 0.6) is 0 Å². The lowest BCUT2D eigenvalue weighted by Crippen LogP contribution is -2.30. The third-order valence-corrected chi connectivity index (χ3v) is 11.2. The van der Waals surface area contributed by atoms with Gasteiger partial charge in [-0.25, -0.2) is 0 Å². The van der Waals surface area contributed by atoms with E-state index in [2.05, 4.69) is 11.8 Å². The lowest BCUT2D eigenvalue weighted by atomic mass is 10.1. The molecule has 4 fully saturated rings. The number of carbonyl (C=O) groups excluding carboxylic acids is 2. The number of unbranched alkanes of at least 4 members (excludes halogenated alkanes) is 12. The van der Waals surface area contributed by atoms with Crippen LogP contribution in [0.15, 0.2) is 0 Å². The molecule has 0 atom stereocenters. The highest BCUT2D eigenvalue weighted by atomic mass is 16.6. The van der Waals surface area contributed by atoms with Crippen molar-refractivity contribution < 1.29 is 38.9 Å². The fraction of sp³-hybridized carbons (Fsp3) is 0.875. The molecule has 8 heteroatoms. The first-order valence-electron chi connectivity index (χ1n) is 23.1. The molecular formula is C48H82O8. The van der Waals surface area contributed by atoms with Crippen LogP contribution in [-0.4, -0.2) is 45.3 Å². The van der Waals surface area contributed by atoms with Crippen molar-refractivity contribution in [2.45, 2.75) is 244 Å². The van der Waals surface area contributed by atoms with Crippen molar-refractivity contribution in [2.75, 3.05) is 0 Å². The lowest BCUT2D eigenvalue weighted by molar-refractivity contribution is -0.153. The van der Waals surface area contributed by atoms with Crippen LogP contribution in [0.3, 0.4) is 0 Å². The van der Waals surface area contributed by atoms with Crippen LogP contribution in [-0.2, 0) is 28.7 Å². The Balaban J connectivity index is 0.000000365. The van der Waals surface area contributed by atoms with Crippen LogP contribution in [0.1, 0.15) is 233 Å². The average molecular weight is 787 g/mol.